The van der Waals surface area contributed by atoms with E-state index in [0.717, 1.165) is 24.2 Å². The molecule has 2 N–H and O–H groups in total. The van der Waals surface area contributed by atoms with Crippen LogP contribution in [0.15, 0.2) is 47.6 Å². The average molecular weight is 357 g/mol. The summed E-state index contributed by atoms with van der Waals surface area (Å²) in [4.78, 5) is 14.2. The molecular formula is C20H24FN3O2. The Kier molecular flexibility index (Phi) is 6.86. The number of hydrazone groups is 1. The lowest BCUT2D eigenvalue weighted by Crippen LogP contribution is -2.22. The standard InChI is InChI=1S/C20H24FN3O2/c1-4-24(5-2)13-16-12-15(10-11-19(16)25)14(3)22-23-20(26)17-8-6-7-9-18(17)21/h6-12,25H,4-5,13H2,1-3H3,(H,23,26)/b22-14+. The number of aromatic hydroxyl groups is 1. The quantitative estimate of drug-likeness (QED) is 0.589. The number of benzene rings is 2. The van der Waals surface area contributed by atoms with E-state index in [1.165, 1.54) is 18.2 Å². The highest BCUT2D eigenvalue weighted by Crippen LogP contribution is 2.21. The molecule has 2 aromatic carbocycles. The molecule has 138 valence electrons. The van der Waals surface area contributed by atoms with Gasteiger partial charge in [0.05, 0.1) is 11.3 Å². The highest BCUT2D eigenvalue weighted by molar-refractivity contribution is 6.01. The summed E-state index contributed by atoms with van der Waals surface area (Å²) in [5, 5.41) is 14.1. The van der Waals surface area contributed by atoms with E-state index < -0.39 is 11.7 Å². The third kappa shape index (κ3) is 4.89. The molecular weight excluding hydrogens is 333 g/mol. The molecule has 1 amide bonds. The van der Waals surface area contributed by atoms with Crippen LogP contribution in [0.1, 0.15) is 42.3 Å². The van der Waals surface area contributed by atoms with Gasteiger partial charge in [0, 0.05) is 12.1 Å². The zero-order chi connectivity index (χ0) is 19.1. The normalized spacial score (nSPS) is 11.7. The van der Waals surface area contributed by atoms with Crippen molar-refractivity contribution in [3.63, 3.8) is 0 Å². The Bertz CT molecular complexity index is 801. The van der Waals surface area contributed by atoms with Gasteiger partial charge in [-0.1, -0.05) is 26.0 Å². The number of rotatable bonds is 7. The van der Waals surface area contributed by atoms with Gasteiger partial charge < -0.3 is 5.11 Å². The molecule has 0 unspecified atom stereocenters. The van der Waals surface area contributed by atoms with E-state index in [-0.39, 0.29) is 11.3 Å². The maximum Gasteiger partial charge on any atom is 0.274 e. The Morgan fingerprint density at radius 3 is 2.54 bits per heavy atom. The van der Waals surface area contributed by atoms with Gasteiger partial charge in [-0.15, -0.1) is 0 Å². The molecule has 0 heterocycles. The number of carbonyl (C=O) groups is 1. The van der Waals surface area contributed by atoms with E-state index in [0.29, 0.717) is 12.3 Å². The number of halogens is 1. The van der Waals surface area contributed by atoms with Crippen molar-refractivity contribution in [2.45, 2.75) is 27.3 Å². The van der Waals surface area contributed by atoms with E-state index >= 15 is 0 Å². The van der Waals surface area contributed by atoms with Gasteiger partial charge in [0.25, 0.3) is 5.91 Å². The first-order chi connectivity index (χ1) is 12.5. The first-order valence-corrected chi connectivity index (χ1v) is 8.60. The van der Waals surface area contributed by atoms with Gasteiger partial charge in [0.2, 0.25) is 0 Å². The van der Waals surface area contributed by atoms with Crippen molar-refractivity contribution in [1.29, 1.82) is 0 Å². The Labute approximate surface area is 153 Å². The highest BCUT2D eigenvalue weighted by atomic mass is 19.1. The molecule has 0 aliphatic rings. The highest BCUT2D eigenvalue weighted by Gasteiger charge is 2.11. The van der Waals surface area contributed by atoms with Crippen LogP contribution in [0.5, 0.6) is 5.75 Å². The predicted octanol–water partition coefficient (Wildman–Crippen LogP) is 3.53. The summed E-state index contributed by atoms with van der Waals surface area (Å²) in [6, 6.07) is 10.9. The van der Waals surface area contributed by atoms with Gasteiger partial charge in [-0.2, -0.15) is 5.10 Å². The van der Waals surface area contributed by atoms with Crippen LogP contribution >= 0.6 is 0 Å². The topological polar surface area (TPSA) is 64.9 Å². The number of carbonyl (C=O) groups excluding carboxylic acids is 1. The zero-order valence-electron chi connectivity index (χ0n) is 15.3. The zero-order valence-corrected chi connectivity index (χ0v) is 15.3. The maximum absolute atomic E-state index is 13.6. The molecule has 0 atom stereocenters. The van der Waals surface area contributed by atoms with Crippen molar-refractivity contribution in [2.24, 2.45) is 5.10 Å². The molecule has 0 aromatic heterocycles. The minimum atomic E-state index is -0.607. The van der Waals surface area contributed by atoms with Gasteiger partial charge in [-0.05, 0) is 55.9 Å². The van der Waals surface area contributed by atoms with Crippen molar-refractivity contribution in [1.82, 2.24) is 10.3 Å². The van der Waals surface area contributed by atoms with Crippen LogP contribution in [-0.2, 0) is 6.54 Å². The number of nitrogens with one attached hydrogen (secondary N) is 1. The lowest BCUT2D eigenvalue weighted by Gasteiger charge is -2.19. The second-order valence-electron chi connectivity index (χ2n) is 5.92. The second kappa shape index (κ2) is 9.10. The van der Waals surface area contributed by atoms with E-state index in [4.69, 9.17) is 0 Å². The van der Waals surface area contributed by atoms with Crippen molar-refractivity contribution >= 4 is 11.6 Å². The number of hydrogen-bond acceptors (Lipinski definition) is 4. The van der Waals surface area contributed by atoms with Gasteiger partial charge in [-0.25, -0.2) is 9.82 Å². The number of hydrogen-bond donors (Lipinski definition) is 2. The molecule has 0 bridgehead atoms. The number of phenolic OH excluding ortho intramolecular Hbond substituents is 1. The van der Waals surface area contributed by atoms with E-state index in [1.54, 1.807) is 25.1 Å². The third-order valence-electron chi connectivity index (χ3n) is 4.23. The van der Waals surface area contributed by atoms with Crippen LogP contribution in [0.4, 0.5) is 4.39 Å². The van der Waals surface area contributed by atoms with Crippen molar-refractivity contribution in [3.05, 3.63) is 65.0 Å². The fourth-order valence-corrected chi connectivity index (χ4v) is 2.53. The van der Waals surface area contributed by atoms with Crippen LogP contribution in [0, 0.1) is 5.82 Å². The molecule has 0 aliphatic heterocycles. The minimum Gasteiger partial charge on any atom is -0.508 e. The molecule has 5 nitrogen and oxygen atoms in total. The lowest BCUT2D eigenvalue weighted by atomic mass is 10.1. The van der Waals surface area contributed by atoms with E-state index in [9.17, 15) is 14.3 Å². The Morgan fingerprint density at radius 1 is 1.19 bits per heavy atom. The SMILES string of the molecule is CCN(CC)Cc1cc(/C(C)=N/NC(=O)c2ccccc2F)ccc1O. The Hall–Kier alpha value is -2.73. The molecule has 0 saturated carbocycles. The summed E-state index contributed by atoms with van der Waals surface area (Å²) in [7, 11) is 0. The molecule has 0 fully saturated rings. The van der Waals surface area contributed by atoms with Crippen LogP contribution < -0.4 is 5.43 Å². The largest absolute Gasteiger partial charge is 0.508 e. The van der Waals surface area contributed by atoms with E-state index in [1.807, 2.05) is 6.07 Å². The molecule has 0 aliphatic carbocycles. The monoisotopic (exact) mass is 357 g/mol. The summed E-state index contributed by atoms with van der Waals surface area (Å²) in [6.07, 6.45) is 0. The summed E-state index contributed by atoms with van der Waals surface area (Å²) < 4.78 is 13.6. The lowest BCUT2D eigenvalue weighted by molar-refractivity contribution is 0.0951. The van der Waals surface area contributed by atoms with E-state index in [2.05, 4.69) is 29.3 Å². The summed E-state index contributed by atoms with van der Waals surface area (Å²) in [6.45, 7) is 8.26. The first kappa shape index (κ1) is 19.6. The molecule has 0 saturated heterocycles. The van der Waals surface area contributed by atoms with Gasteiger partial charge in [-0.3, -0.25) is 9.69 Å². The third-order valence-corrected chi connectivity index (χ3v) is 4.23. The Balaban J connectivity index is 2.16. The van der Waals surface area contributed by atoms with Gasteiger partial charge in [0.1, 0.15) is 11.6 Å². The summed E-state index contributed by atoms with van der Waals surface area (Å²) >= 11 is 0. The fraction of sp³-hybridized carbons (Fsp3) is 0.300. The average Bonchev–Trinajstić information content (AvgIpc) is 2.65. The fourth-order valence-electron chi connectivity index (χ4n) is 2.53. The van der Waals surface area contributed by atoms with Crippen LogP contribution in [-0.4, -0.2) is 34.7 Å². The van der Waals surface area contributed by atoms with Gasteiger partial charge in [0.15, 0.2) is 0 Å². The Morgan fingerprint density at radius 2 is 1.88 bits per heavy atom. The molecule has 0 spiro atoms. The predicted molar refractivity (Wildman–Crippen MR) is 101 cm³/mol. The smallest absolute Gasteiger partial charge is 0.274 e. The van der Waals surface area contributed by atoms with Gasteiger partial charge >= 0.3 is 0 Å². The number of nitrogens with zero attached hydrogens (tertiary/aromatic N) is 2. The van der Waals surface area contributed by atoms with Crippen LogP contribution in [0.25, 0.3) is 0 Å². The molecule has 0 radical (unpaired) electrons. The van der Waals surface area contributed by atoms with Crippen molar-refractivity contribution < 1.29 is 14.3 Å². The molecule has 6 heteroatoms. The van der Waals surface area contributed by atoms with Crippen molar-refractivity contribution in [3.8, 4) is 5.75 Å². The number of amides is 1. The first-order valence-electron chi connectivity index (χ1n) is 8.60. The number of phenols is 1. The molecule has 2 rings (SSSR count). The minimum absolute atomic E-state index is 0.0584. The van der Waals surface area contributed by atoms with Crippen molar-refractivity contribution in [2.75, 3.05) is 13.1 Å². The maximum atomic E-state index is 13.6. The molecule has 26 heavy (non-hydrogen) atoms. The summed E-state index contributed by atoms with van der Waals surface area (Å²) in [5.41, 5.74) is 4.45. The summed E-state index contributed by atoms with van der Waals surface area (Å²) in [5.74, 6) is -0.975. The molecule has 2 aromatic rings. The van der Waals surface area contributed by atoms with Crippen LogP contribution in [0.3, 0.4) is 0 Å². The van der Waals surface area contributed by atoms with Crippen LogP contribution in [0.2, 0.25) is 0 Å². The second-order valence-corrected chi connectivity index (χ2v) is 5.92.